The molecule has 5 radical (unpaired) electrons. The van der Waals surface area contributed by atoms with Crippen LogP contribution in [0.3, 0.4) is 0 Å². The van der Waals surface area contributed by atoms with Gasteiger partial charge < -0.3 is 0 Å². The van der Waals surface area contributed by atoms with E-state index in [0.717, 1.165) is 66.7 Å². The molecule has 2 aromatic carbocycles. The summed E-state index contributed by atoms with van der Waals surface area (Å²) >= 11 is 0. The van der Waals surface area contributed by atoms with Crippen LogP contribution in [0.2, 0.25) is 6.82 Å². The predicted octanol–water partition coefficient (Wildman–Crippen LogP) is 6.38. The summed E-state index contributed by atoms with van der Waals surface area (Å²) in [6, 6.07) is 21.9. The second kappa shape index (κ2) is 18.4. The lowest BCUT2D eigenvalue weighted by atomic mass is 9.27. The molecule has 8 aromatic rings. The Morgan fingerprint density at radius 1 is 0.532 bits per heavy atom. The first-order valence-electron chi connectivity index (χ1n) is 16.5. The lowest BCUT2D eigenvalue weighted by molar-refractivity contribution is 1.20. The van der Waals surface area contributed by atoms with E-state index in [4.69, 9.17) is 7.74 Å². The van der Waals surface area contributed by atoms with Crippen molar-refractivity contribution in [3.63, 3.8) is 0 Å². The van der Waals surface area contributed by atoms with Gasteiger partial charge in [0, 0.05) is 38.4 Å². The highest BCUT2D eigenvalue weighted by molar-refractivity contribution is 7.27. The molecular weight excluding hydrogens is 576 g/mol. The number of pyridine rings is 2. The standard InChI is InChI=1S/C14H10BN4.C13H7B3N4.4C2H6/c1-15-13-14-18-9-4-2-3-5-11(9)19(14)12-6-7-16-8-10(12)17-13;14-16-15-11-13-19-8-4-1-2-6-10(8)20(13)12-9(18-11)5-3-7-17-12;4*1-2/h2-8H,1H3;1-7H;4*1-2H3. The lowest BCUT2D eigenvalue weighted by Gasteiger charge is -2.06. The van der Waals surface area contributed by atoms with E-state index in [2.05, 4.69) is 40.4 Å². The third-order valence-electron chi connectivity index (χ3n) is 6.59. The van der Waals surface area contributed by atoms with Gasteiger partial charge in [-0.2, -0.15) is 0 Å². The minimum atomic E-state index is 0.740. The second-order valence-electron chi connectivity index (χ2n) is 8.87. The summed E-state index contributed by atoms with van der Waals surface area (Å²) in [6.07, 6.45) is 5.33. The zero-order valence-electron chi connectivity index (χ0n) is 29.0. The number of fused-ring (bicyclic) bond motifs is 10. The van der Waals surface area contributed by atoms with E-state index in [1.807, 2.05) is 135 Å². The van der Waals surface area contributed by atoms with Crippen molar-refractivity contribution in [3.05, 3.63) is 85.3 Å². The van der Waals surface area contributed by atoms with Crippen molar-refractivity contribution in [1.82, 2.24) is 38.7 Å². The fourth-order valence-electron chi connectivity index (χ4n) is 4.91. The third-order valence-corrected chi connectivity index (χ3v) is 6.59. The van der Waals surface area contributed by atoms with Crippen molar-refractivity contribution in [2.24, 2.45) is 0 Å². The van der Waals surface area contributed by atoms with Gasteiger partial charge in [0.25, 0.3) is 0 Å². The molecule has 6 aromatic heterocycles. The Morgan fingerprint density at radius 2 is 1.06 bits per heavy atom. The van der Waals surface area contributed by atoms with E-state index in [1.54, 1.807) is 25.8 Å². The molecule has 12 heteroatoms. The zero-order valence-corrected chi connectivity index (χ0v) is 29.0. The van der Waals surface area contributed by atoms with E-state index in [0.29, 0.717) is 0 Å². The fourth-order valence-corrected chi connectivity index (χ4v) is 4.91. The second-order valence-corrected chi connectivity index (χ2v) is 8.87. The molecule has 0 atom stereocenters. The van der Waals surface area contributed by atoms with Crippen molar-refractivity contribution in [2.75, 3.05) is 0 Å². The monoisotopic (exact) mass is 617 g/mol. The van der Waals surface area contributed by atoms with Gasteiger partial charge in [-0.05, 0) is 42.5 Å². The van der Waals surface area contributed by atoms with Crippen molar-refractivity contribution in [2.45, 2.75) is 62.2 Å². The van der Waals surface area contributed by atoms with Gasteiger partial charge in [0.05, 0.1) is 33.8 Å². The molecule has 6 heterocycles. The van der Waals surface area contributed by atoms with Gasteiger partial charge in [0.1, 0.15) is 29.5 Å². The zero-order chi connectivity index (χ0) is 34.3. The molecule has 0 N–H and O–H groups in total. The van der Waals surface area contributed by atoms with Crippen molar-refractivity contribution < 1.29 is 0 Å². The molecule has 0 aliphatic heterocycles. The van der Waals surface area contributed by atoms with Gasteiger partial charge in [-0.15, -0.1) is 0 Å². The topological polar surface area (TPSA) is 86.2 Å². The smallest absolute Gasteiger partial charge is 0.179 e. The average molecular weight is 617 g/mol. The fraction of sp³-hybridized carbons (Fsp3) is 0.257. The molecule has 8 nitrogen and oxygen atoms in total. The molecule has 0 amide bonds. The highest BCUT2D eigenvalue weighted by Gasteiger charge is 2.14. The average Bonchev–Trinajstić information content (AvgIpc) is 3.75. The van der Waals surface area contributed by atoms with Crippen LogP contribution in [0.5, 0.6) is 0 Å². The molecule has 233 valence electrons. The van der Waals surface area contributed by atoms with E-state index >= 15 is 0 Å². The third kappa shape index (κ3) is 7.48. The first kappa shape index (κ1) is 36.7. The molecule has 0 aliphatic carbocycles. The maximum absolute atomic E-state index is 5.52. The van der Waals surface area contributed by atoms with E-state index in [1.165, 1.54) is 7.06 Å². The van der Waals surface area contributed by atoms with Crippen LogP contribution < -0.4 is 11.2 Å². The van der Waals surface area contributed by atoms with Gasteiger partial charge in [-0.1, -0.05) is 86.5 Å². The number of aromatic nitrogens is 8. The predicted molar refractivity (Wildman–Crippen MR) is 205 cm³/mol. The summed E-state index contributed by atoms with van der Waals surface area (Å²) in [4.78, 5) is 27.1. The summed E-state index contributed by atoms with van der Waals surface area (Å²) in [5.41, 5.74) is 10.8. The Balaban J connectivity index is 0.000000211. The number of imidazole rings is 2. The number of hydrogen-bond acceptors (Lipinski definition) is 6. The first-order valence-corrected chi connectivity index (χ1v) is 16.5. The van der Waals surface area contributed by atoms with Crippen LogP contribution in [-0.2, 0) is 0 Å². The van der Waals surface area contributed by atoms with Crippen LogP contribution >= 0.6 is 0 Å². The van der Waals surface area contributed by atoms with E-state index in [9.17, 15) is 0 Å². The molecule has 0 saturated heterocycles. The minimum absolute atomic E-state index is 0.740. The summed E-state index contributed by atoms with van der Waals surface area (Å²) in [5.74, 6) is 0. The quantitative estimate of drug-likeness (QED) is 0.214. The SMILES string of the molecule is CC.CC.CC.CC.C[B]c1nc2cnccc2n2c1nc1ccccc12.[B][B][B]c1nc2cccnc2n2c1nc1ccccc12. The highest BCUT2D eigenvalue weighted by atomic mass is 15.1. The molecule has 0 unspecified atom stereocenters. The van der Waals surface area contributed by atoms with E-state index < -0.39 is 0 Å². The van der Waals surface area contributed by atoms with Gasteiger partial charge in [0.2, 0.25) is 0 Å². The summed E-state index contributed by atoms with van der Waals surface area (Å²) in [7, 11) is 10.7. The van der Waals surface area contributed by atoms with Gasteiger partial charge in [-0.25, -0.2) is 15.0 Å². The van der Waals surface area contributed by atoms with Gasteiger partial charge in [-0.3, -0.25) is 23.8 Å². The Morgan fingerprint density at radius 3 is 1.68 bits per heavy atom. The van der Waals surface area contributed by atoms with Crippen LogP contribution in [0.25, 0.3) is 55.6 Å². The van der Waals surface area contributed by atoms with Gasteiger partial charge >= 0.3 is 0 Å². The molecule has 0 bridgehead atoms. The largest absolute Gasteiger partial charge is 0.290 e. The maximum Gasteiger partial charge on any atom is 0.179 e. The van der Waals surface area contributed by atoms with Crippen LogP contribution in [0.1, 0.15) is 55.4 Å². The van der Waals surface area contributed by atoms with Crippen molar-refractivity contribution in [1.29, 1.82) is 0 Å². The van der Waals surface area contributed by atoms with Crippen LogP contribution in [-0.4, -0.2) is 68.0 Å². The number of para-hydroxylation sites is 4. The summed E-state index contributed by atoms with van der Waals surface area (Å²) < 4.78 is 4.17. The molecule has 0 saturated carbocycles. The lowest BCUT2D eigenvalue weighted by Crippen LogP contribution is -2.27. The molecule has 0 spiro atoms. The summed E-state index contributed by atoms with van der Waals surface area (Å²) in [5, 5.41) is 0. The maximum atomic E-state index is 5.52. The number of rotatable bonds is 3. The molecule has 0 fully saturated rings. The van der Waals surface area contributed by atoms with Crippen LogP contribution in [0, 0.1) is 0 Å². The Hall–Kier alpha value is -4.72. The number of nitrogens with zero attached hydrogens (tertiary/aromatic N) is 8. The van der Waals surface area contributed by atoms with Crippen molar-refractivity contribution in [3.8, 4) is 0 Å². The number of hydrogen-bond donors (Lipinski definition) is 0. The van der Waals surface area contributed by atoms with E-state index in [-0.39, 0.29) is 0 Å². The Bertz CT molecular complexity index is 2160. The molecule has 47 heavy (non-hydrogen) atoms. The molecule has 8 rings (SSSR count). The Labute approximate surface area is 281 Å². The first-order chi connectivity index (χ1) is 23.3. The van der Waals surface area contributed by atoms with Crippen LogP contribution in [0.15, 0.2) is 85.3 Å². The van der Waals surface area contributed by atoms with Crippen LogP contribution in [0.4, 0.5) is 0 Å². The molecule has 0 aliphatic rings. The molecular formula is C35H41B4N8. The van der Waals surface area contributed by atoms with Gasteiger partial charge in [0.15, 0.2) is 12.9 Å². The normalized spacial score (nSPS) is 9.89. The summed E-state index contributed by atoms with van der Waals surface area (Å²) in [6.45, 7) is 18.0. The highest BCUT2D eigenvalue weighted by Crippen LogP contribution is 2.21. The Kier molecular flexibility index (Phi) is 14.4. The number of benzene rings is 2. The van der Waals surface area contributed by atoms with Crippen molar-refractivity contribution >= 4 is 96.0 Å². The minimum Gasteiger partial charge on any atom is -0.290 e.